The number of hydrogen-bond donors (Lipinski definition) is 1. The first-order valence-corrected chi connectivity index (χ1v) is 11.2. The van der Waals surface area contributed by atoms with E-state index in [1.807, 2.05) is 36.0 Å². The molecule has 0 aliphatic carbocycles. The van der Waals surface area contributed by atoms with E-state index < -0.39 is 0 Å². The first kappa shape index (κ1) is 19.2. The van der Waals surface area contributed by atoms with Gasteiger partial charge in [0.25, 0.3) is 5.91 Å². The Morgan fingerprint density at radius 1 is 1.00 bits per heavy atom. The summed E-state index contributed by atoms with van der Waals surface area (Å²) in [6, 6.07) is 16.4. The molecule has 2 aliphatic rings. The van der Waals surface area contributed by atoms with Crippen molar-refractivity contribution in [1.29, 1.82) is 0 Å². The lowest BCUT2D eigenvalue weighted by atomic mass is 10.1. The SMILES string of the molecule is CN1CCN(c2ccccc2NC(=O)c2nn(C)c3c2CSc2ccccc2-3)CC1. The van der Waals surface area contributed by atoms with E-state index in [-0.39, 0.29) is 5.91 Å². The van der Waals surface area contributed by atoms with Crippen LogP contribution in [0.5, 0.6) is 0 Å². The highest BCUT2D eigenvalue weighted by molar-refractivity contribution is 7.98. The molecule has 1 fully saturated rings. The Labute approximate surface area is 180 Å². The molecule has 3 heterocycles. The van der Waals surface area contributed by atoms with E-state index in [0.717, 1.165) is 60.1 Å². The Kier molecular flexibility index (Phi) is 5.00. The maximum Gasteiger partial charge on any atom is 0.276 e. The summed E-state index contributed by atoms with van der Waals surface area (Å²) in [6.07, 6.45) is 0. The highest BCUT2D eigenvalue weighted by Crippen LogP contribution is 2.42. The Balaban J connectivity index is 1.45. The molecule has 5 rings (SSSR count). The molecule has 0 atom stereocenters. The summed E-state index contributed by atoms with van der Waals surface area (Å²) in [4.78, 5) is 19.2. The Morgan fingerprint density at radius 3 is 2.57 bits per heavy atom. The number of carbonyl (C=O) groups excluding carboxylic acids is 1. The first-order valence-electron chi connectivity index (χ1n) is 10.2. The second-order valence-corrected chi connectivity index (χ2v) is 8.86. The van der Waals surface area contributed by atoms with Crippen LogP contribution >= 0.6 is 11.8 Å². The third-order valence-corrected chi connectivity index (χ3v) is 6.97. The number of piperazine rings is 1. The summed E-state index contributed by atoms with van der Waals surface area (Å²) in [5.74, 6) is 0.608. The predicted molar refractivity (Wildman–Crippen MR) is 122 cm³/mol. The van der Waals surface area contributed by atoms with Crippen LogP contribution in [-0.2, 0) is 12.8 Å². The Hall–Kier alpha value is -2.77. The topological polar surface area (TPSA) is 53.4 Å². The van der Waals surface area contributed by atoms with E-state index in [1.54, 1.807) is 11.8 Å². The van der Waals surface area contributed by atoms with Crippen molar-refractivity contribution >= 4 is 29.0 Å². The molecule has 2 aliphatic heterocycles. The fourth-order valence-corrected chi connectivity index (χ4v) is 5.31. The normalized spacial score (nSPS) is 16.1. The quantitative estimate of drug-likeness (QED) is 0.702. The van der Waals surface area contributed by atoms with E-state index in [2.05, 4.69) is 51.5 Å². The number of nitrogens with one attached hydrogen (secondary N) is 1. The predicted octanol–water partition coefficient (Wildman–Crippen LogP) is 3.70. The average Bonchev–Trinajstić information content (AvgIpc) is 3.12. The van der Waals surface area contributed by atoms with E-state index in [1.165, 1.54) is 4.90 Å². The number of nitrogens with zero attached hydrogens (tertiary/aromatic N) is 4. The van der Waals surface area contributed by atoms with Gasteiger partial charge in [0.15, 0.2) is 5.69 Å². The number of aromatic nitrogens is 2. The molecule has 0 unspecified atom stereocenters. The van der Waals surface area contributed by atoms with Crippen molar-refractivity contribution in [2.45, 2.75) is 10.6 Å². The number of aryl methyl sites for hydroxylation is 1. The number of hydrogen-bond acceptors (Lipinski definition) is 5. The number of para-hydroxylation sites is 2. The maximum atomic E-state index is 13.3. The summed E-state index contributed by atoms with van der Waals surface area (Å²) >= 11 is 1.76. The van der Waals surface area contributed by atoms with Crippen LogP contribution in [0, 0.1) is 0 Å². The lowest BCUT2D eigenvalue weighted by Crippen LogP contribution is -2.44. The lowest BCUT2D eigenvalue weighted by Gasteiger charge is -2.35. The number of fused-ring (bicyclic) bond motifs is 3. The van der Waals surface area contributed by atoms with E-state index in [0.29, 0.717) is 5.69 Å². The van der Waals surface area contributed by atoms with Gasteiger partial charge in [-0.25, -0.2) is 0 Å². The van der Waals surface area contributed by atoms with Gasteiger partial charge in [0.1, 0.15) is 0 Å². The van der Waals surface area contributed by atoms with Gasteiger partial charge in [-0.3, -0.25) is 9.48 Å². The fourth-order valence-electron chi connectivity index (χ4n) is 4.25. The van der Waals surface area contributed by atoms with Gasteiger partial charge in [-0.05, 0) is 25.2 Å². The molecule has 0 radical (unpaired) electrons. The van der Waals surface area contributed by atoms with Crippen LogP contribution in [0.1, 0.15) is 16.1 Å². The van der Waals surface area contributed by atoms with E-state index in [4.69, 9.17) is 0 Å². The number of likely N-dealkylation sites (N-methyl/N-ethyl adjacent to an activating group) is 1. The van der Waals surface area contributed by atoms with Gasteiger partial charge in [0.2, 0.25) is 0 Å². The smallest absolute Gasteiger partial charge is 0.276 e. The molecule has 0 spiro atoms. The molecule has 30 heavy (non-hydrogen) atoms. The van der Waals surface area contributed by atoms with Crippen molar-refractivity contribution in [1.82, 2.24) is 14.7 Å². The third kappa shape index (κ3) is 3.38. The standard InChI is InChI=1S/C23H25N5OS/c1-26-11-13-28(14-12-26)19-9-5-4-8-18(19)24-23(29)21-17-15-30-20-10-6-3-7-16(20)22(17)27(2)25-21/h3-10H,11-15H2,1-2H3,(H,24,29). The van der Waals surface area contributed by atoms with Crippen molar-refractivity contribution in [2.24, 2.45) is 7.05 Å². The molecule has 0 bridgehead atoms. The van der Waals surface area contributed by atoms with Gasteiger partial charge < -0.3 is 15.1 Å². The van der Waals surface area contributed by atoms with Gasteiger partial charge >= 0.3 is 0 Å². The van der Waals surface area contributed by atoms with Gasteiger partial charge in [0.05, 0.1) is 17.1 Å². The number of benzene rings is 2. The summed E-state index contributed by atoms with van der Waals surface area (Å²) in [5.41, 5.74) is 5.63. The molecule has 154 valence electrons. The number of amides is 1. The zero-order chi connectivity index (χ0) is 20.7. The minimum absolute atomic E-state index is 0.145. The van der Waals surface area contributed by atoms with Crippen molar-refractivity contribution in [3.8, 4) is 11.3 Å². The summed E-state index contributed by atoms with van der Waals surface area (Å²) in [6.45, 7) is 3.95. The summed E-state index contributed by atoms with van der Waals surface area (Å²) in [7, 11) is 4.06. The molecule has 2 aromatic carbocycles. The van der Waals surface area contributed by atoms with Crippen LogP contribution in [0.25, 0.3) is 11.3 Å². The Bertz CT molecular complexity index is 1100. The summed E-state index contributed by atoms with van der Waals surface area (Å²) in [5, 5.41) is 7.75. The second-order valence-electron chi connectivity index (χ2n) is 7.85. The van der Waals surface area contributed by atoms with Crippen LogP contribution in [0.4, 0.5) is 11.4 Å². The largest absolute Gasteiger partial charge is 0.367 e. The van der Waals surface area contributed by atoms with Crippen LogP contribution in [-0.4, -0.2) is 53.8 Å². The fraction of sp³-hybridized carbons (Fsp3) is 0.304. The average molecular weight is 420 g/mol. The van der Waals surface area contributed by atoms with Crippen LogP contribution in [0.2, 0.25) is 0 Å². The zero-order valence-electron chi connectivity index (χ0n) is 17.3. The minimum Gasteiger partial charge on any atom is -0.367 e. The monoisotopic (exact) mass is 419 g/mol. The summed E-state index contributed by atoms with van der Waals surface area (Å²) < 4.78 is 1.84. The molecule has 1 N–H and O–H groups in total. The molecule has 6 nitrogen and oxygen atoms in total. The molecule has 1 saturated heterocycles. The van der Waals surface area contributed by atoms with Crippen molar-refractivity contribution < 1.29 is 4.79 Å². The second kappa shape index (κ2) is 7.81. The van der Waals surface area contributed by atoms with E-state index >= 15 is 0 Å². The third-order valence-electron chi connectivity index (χ3n) is 5.87. The van der Waals surface area contributed by atoms with Crippen molar-refractivity contribution in [3.63, 3.8) is 0 Å². The molecule has 3 aromatic rings. The molecule has 1 aromatic heterocycles. The maximum absolute atomic E-state index is 13.3. The number of anilines is 2. The van der Waals surface area contributed by atoms with Crippen molar-refractivity contribution in [3.05, 3.63) is 59.8 Å². The molecule has 7 heteroatoms. The van der Waals surface area contributed by atoms with Crippen LogP contribution in [0.3, 0.4) is 0 Å². The molecular formula is C23H25N5OS. The zero-order valence-corrected chi connectivity index (χ0v) is 18.1. The highest BCUT2D eigenvalue weighted by atomic mass is 32.2. The van der Waals surface area contributed by atoms with Crippen molar-refractivity contribution in [2.75, 3.05) is 43.4 Å². The molecule has 0 saturated carbocycles. The number of carbonyl (C=O) groups is 1. The van der Waals surface area contributed by atoms with Gasteiger partial charge in [0, 0.05) is 55.0 Å². The van der Waals surface area contributed by atoms with Crippen LogP contribution in [0.15, 0.2) is 53.4 Å². The van der Waals surface area contributed by atoms with Gasteiger partial charge in [-0.1, -0.05) is 30.3 Å². The number of thioether (sulfide) groups is 1. The first-order chi connectivity index (χ1) is 14.6. The van der Waals surface area contributed by atoms with Crippen LogP contribution < -0.4 is 10.2 Å². The molecular weight excluding hydrogens is 394 g/mol. The lowest BCUT2D eigenvalue weighted by molar-refractivity contribution is 0.102. The molecule has 1 amide bonds. The van der Waals surface area contributed by atoms with E-state index in [9.17, 15) is 4.79 Å². The Morgan fingerprint density at radius 2 is 1.73 bits per heavy atom. The minimum atomic E-state index is -0.145. The number of rotatable bonds is 3. The highest BCUT2D eigenvalue weighted by Gasteiger charge is 2.28. The van der Waals surface area contributed by atoms with Gasteiger partial charge in [-0.15, -0.1) is 11.8 Å². The van der Waals surface area contributed by atoms with Gasteiger partial charge in [-0.2, -0.15) is 5.10 Å².